The molecule has 2 heterocycles. The molecule has 1 aromatic heterocycles. The second-order valence-electron chi connectivity index (χ2n) is 10.1. The summed E-state index contributed by atoms with van der Waals surface area (Å²) in [7, 11) is 0. The summed E-state index contributed by atoms with van der Waals surface area (Å²) in [6.45, 7) is 2.47. The molecule has 0 bridgehead atoms. The molecule has 0 spiro atoms. The Morgan fingerprint density at radius 2 is 1.71 bits per heavy atom. The number of carbonyl (C=O) groups is 4. The summed E-state index contributed by atoms with van der Waals surface area (Å²) in [5.41, 5.74) is 0.742. The molecule has 1 aliphatic carbocycles. The number of benzene rings is 1. The number of hydrogen-bond donors (Lipinski definition) is 2. The van der Waals surface area contributed by atoms with E-state index in [1.165, 1.54) is 11.0 Å². The van der Waals surface area contributed by atoms with Crippen LogP contribution in [0.15, 0.2) is 36.4 Å². The molecule has 1 saturated carbocycles. The Labute approximate surface area is 244 Å². The third-order valence-corrected chi connectivity index (χ3v) is 7.05. The van der Waals surface area contributed by atoms with E-state index in [9.17, 15) is 19.2 Å². The van der Waals surface area contributed by atoms with Gasteiger partial charge in [0, 0.05) is 44.4 Å². The predicted molar refractivity (Wildman–Crippen MR) is 150 cm³/mol. The summed E-state index contributed by atoms with van der Waals surface area (Å²) < 4.78 is 16.3. The van der Waals surface area contributed by atoms with E-state index in [4.69, 9.17) is 19.3 Å². The van der Waals surface area contributed by atoms with Crippen molar-refractivity contribution in [3.8, 4) is 17.3 Å². The van der Waals surface area contributed by atoms with Gasteiger partial charge in [0.15, 0.2) is 5.82 Å². The van der Waals surface area contributed by atoms with Gasteiger partial charge in [-0.05, 0) is 39.0 Å². The third kappa shape index (κ3) is 8.62. The van der Waals surface area contributed by atoms with Crippen molar-refractivity contribution in [2.24, 2.45) is 0 Å². The van der Waals surface area contributed by atoms with Crippen LogP contribution in [0.2, 0.25) is 0 Å². The highest BCUT2D eigenvalue weighted by Gasteiger charge is 2.31. The Morgan fingerprint density at radius 1 is 1.02 bits per heavy atom. The van der Waals surface area contributed by atoms with Crippen LogP contribution in [0.3, 0.4) is 0 Å². The van der Waals surface area contributed by atoms with Gasteiger partial charge in [-0.3, -0.25) is 9.59 Å². The van der Waals surface area contributed by atoms with Crippen LogP contribution in [-0.2, 0) is 19.1 Å². The van der Waals surface area contributed by atoms with Gasteiger partial charge in [-0.1, -0.05) is 30.3 Å². The van der Waals surface area contributed by atoms with Gasteiger partial charge in [0.05, 0.1) is 6.61 Å². The molecule has 2 N–H and O–H groups in total. The Bertz CT molecular complexity index is 1230. The molecule has 0 unspecified atom stereocenters. The van der Waals surface area contributed by atoms with Crippen LogP contribution >= 0.6 is 0 Å². The van der Waals surface area contributed by atoms with E-state index in [1.54, 1.807) is 11.8 Å². The average Bonchev–Trinajstić information content (AvgIpc) is 3.51. The molecule has 4 rings (SSSR count). The van der Waals surface area contributed by atoms with Crippen LogP contribution in [0.5, 0.6) is 5.88 Å². The monoisotopic (exact) mass is 583 g/mol. The van der Waals surface area contributed by atoms with Crippen LogP contribution in [-0.4, -0.2) is 107 Å². The van der Waals surface area contributed by atoms with Crippen molar-refractivity contribution in [1.29, 1.82) is 0 Å². The van der Waals surface area contributed by atoms with Crippen molar-refractivity contribution in [3.05, 3.63) is 42.1 Å². The minimum atomic E-state index is -1.14. The molecular weight excluding hydrogens is 546 g/mol. The molecule has 42 heavy (non-hydrogen) atoms. The maximum Gasteiger partial charge on any atom is 0.409 e. The largest absolute Gasteiger partial charge is 0.480 e. The zero-order valence-corrected chi connectivity index (χ0v) is 23.7. The molecule has 2 aliphatic rings. The van der Waals surface area contributed by atoms with Gasteiger partial charge in [-0.15, -0.1) is 0 Å². The number of hydrogen-bond acceptors (Lipinski definition) is 9. The number of carbonyl (C=O) groups excluding carboxylic acids is 3. The van der Waals surface area contributed by atoms with Crippen LogP contribution in [0, 0.1) is 0 Å². The first kappa shape index (κ1) is 30.7. The first-order valence-corrected chi connectivity index (χ1v) is 14.3. The molecule has 226 valence electrons. The van der Waals surface area contributed by atoms with Crippen LogP contribution < -0.4 is 10.1 Å². The van der Waals surface area contributed by atoms with Gasteiger partial charge >= 0.3 is 12.1 Å². The SMILES string of the molecule is CCOC(=O)N1CCN(C(=O)[C@H](CCOCC(=O)O)NC(=O)c2cc(OC3CCCC3)nc(-c3ccccc3)n2)CC1. The highest BCUT2D eigenvalue weighted by molar-refractivity contribution is 5.96. The van der Waals surface area contributed by atoms with Gasteiger partial charge in [-0.2, -0.15) is 4.98 Å². The Hall–Kier alpha value is -4.26. The quantitative estimate of drug-likeness (QED) is 0.355. The van der Waals surface area contributed by atoms with Crippen molar-refractivity contribution < 1.29 is 38.5 Å². The van der Waals surface area contributed by atoms with E-state index in [0.717, 1.165) is 25.7 Å². The summed E-state index contributed by atoms with van der Waals surface area (Å²) in [5, 5.41) is 11.7. The number of aliphatic carboxylic acids is 1. The number of carboxylic acid groups (broad SMARTS) is 1. The molecule has 1 atom stereocenters. The number of ether oxygens (including phenoxy) is 3. The summed E-state index contributed by atoms with van der Waals surface area (Å²) in [5.74, 6) is -1.51. The maximum atomic E-state index is 13.5. The molecule has 1 aromatic carbocycles. The predicted octanol–water partition coefficient (Wildman–Crippen LogP) is 2.36. The summed E-state index contributed by atoms with van der Waals surface area (Å²) in [4.78, 5) is 62.1. The molecule has 1 aliphatic heterocycles. The third-order valence-electron chi connectivity index (χ3n) is 7.05. The summed E-state index contributed by atoms with van der Waals surface area (Å²) in [6, 6.07) is 9.67. The number of aromatic nitrogens is 2. The second kappa shape index (κ2) is 15.1. The zero-order valence-electron chi connectivity index (χ0n) is 23.7. The van der Waals surface area contributed by atoms with Crippen molar-refractivity contribution in [3.63, 3.8) is 0 Å². The number of carboxylic acids is 1. The number of rotatable bonds is 12. The van der Waals surface area contributed by atoms with E-state index in [0.29, 0.717) is 11.4 Å². The summed E-state index contributed by atoms with van der Waals surface area (Å²) in [6.07, 6.45) is 3.55. The molecule has 2 fully saturated rings. The fourth-order valence-corrected chi connectivity index (χ4v) is 4.89. The fraction of sp³-hybridized carbons (Fsp3) is 0.517. The molecule has 13 nitrogen and oxygen atoms in total. The van der Waals surface area contributed by atoms with Gasteiger partial charge in [-0.25, -0.2) is 14.6 Å². The molecule has 0 radical (unpaired) electrons. The number of piperazine rings is 1. The number of amides is 3. The lowest BCUT2D eigenvalue weighted by atomic mass is 10.1. The highest BCUT2D eigenvalue weighted by Crippen LogP contribution is 2.25. The van der Waals surface area contributed by atoms with Gasteiger partial charge < -0.3 is 34.4 Å². The lowest BCUT2D eigenvalue weighted by Gasteiger charge is -2.36. The lowest BCUT2D eigenvalue weighted by molar-refractivity contribution is -0.142. The van der Waals surface area contributed by atoms with Gasteiger partial charge in [0.2, 0.25) is 11.8 Å². The van der Waals surface area contributed by atoms with Crippen molar-refractivity contribution in [1.82, 2.24) is 25.1 Å². The normalized spacial score (nSPS) is 16.1. The van der Waals surface area contributed by atoms with Crippen molar-refractivity contribution in [2.45, 2.75) is 51.2 Å². The summed E-state index contributed by atoms with van der Waals surface area (Å²) >= 11 is 0. The first-order valence-electron chi connectivity index (χ1n) is 14.3. The standard InChI is InChI=1S/C29H37N5O8/c1-2-41-29(39)34-15-13-33(14-16-34)28(38)22(12-17-40-19-25(35)36)31-27(37)23-18-24(42-21-10-6-7-11-21)32-26(30-23)20-8-4-3-5-9-20/h3-5,8-9,18,21-22H,2,6-7,10-17,19H2,1H3,(H,31,37)(H,35,36)/t22-/m0/s1. The zero-order chi connectivity index (χ0) is 29.9. The van der Waals surface area contributed by atoms with Crippen LogP contribution in [0.4, 0.5) is 4.79 Å². The van der Waals surface area contributed by atoms with Crippen LogP contribution in [0.1, 0.15) is 49.5 Å². The minimum absolute atomic E-state index is 0.00780. The Balaban J connectivity index is 1.51. The van der Waals surface area contributed by atoms with Crippen molar-refractivity contribution in [2.75, 3.05) is 46.0 Å². The topological polar surface area (TPSA) is 160 Å². The van der Waals surface area contributed by atoms with Gasteiger partial charge in [0.1, 0.15) is 24.4 Å². The molecule has 3 amide bonds. The molecular formula is C29H37N5O8. The smallest absolute Gasteiger partial charge is 0.409 e. The lowest BCUT2D eigenvalue weighted by Crippen LogP contribution is -2.56. The number of nitrogens with zero attached hydrogens (tertiary/aromatic N) is 4. The average molecular weight is 584 g/mol. The van der Waals surface area contributed by atoms with Gasteiger partial charge in [0.25, 0.3) is 5.91 Å². The van der Waals surface area contributed by atoms with E-state index in [-0.39, 0.29) is 69.4 Å². The second-order valence-corrected chi connectivity index (χ2v) is 10.1. The van der Waals surface area contributed by atoms with E-state index in [2.05, 4.69) is 15.3 Å². The van der Waals surface area contributed by atoms with E-state index >= 15 is 0 Å². The highest BCUT2D eigenvalue weighted by atomic mass is 16.6. The van der Waals surface area contributed by atoms with Crippen molar-refractivity contribution >= 4 is 23.9 Å². The Kier molecular flexibility index (Phi) is 11.0. The van der Waals surface area contributed by atoms with E-state index in [1.807, 2.05) is 30.3 Å². The fourth-order valence-electron chi connectivity index (χ4n) is 4.89. The molecule has 13 heteroatoms. The first-order chi connectivity index (χ1) is 20.3. The molecule has 1 saturated heterocycles. The van der Waals surface area contributed by atoms with E-state index < -0.39 is 30.6 Å². The Morgan fingerprint density at radius 3 is 2.38 bits per heavy atom. The minimum Gasteiger partial charge on any atom is -0.480 e. The maximum absolute atomic E-state index is 13.5. The number of nitrogens with one attached hydrogen (secondary N) is 1. The van der Waals surface area contributed by atoms with Crippen LogP contribution in [0.25, 0.3) is 11.4 Å². The molecule has 2 aromatic rings.